The summed E-state index contributed by atoms with van der Waals surface area (Å²) in [4.78, 5) is 13.4. The fourth-order valence-electron chi connectivity index (χ4n) is 2.96. The highest BCUT2D eigenvalue weighted by molar-refractivity contribution is 5.59. The molecular formula is C17H17N7. The lowest BCUT2D eigenvalue weighted by molar-refractivity contribution is 0.479. The molecule has 3 aromatic heterocycles. The number of hydrogen-bond donors (Lipinski definition) is 2. The number of fused-ring (bicyclic) bond motifs is 1. The van der Waals surface area contributed by atoms with Gasteiger partial charge in [-0.3, -0.25) is 4.40 Å². The topological polar surface area (TPSA) is 90.9 Å². The van der Waals surface area contributed by atoms with E-state index < -0.39 is 0 Å². The van der Waals surface area contributed by atoms with Crippen LogP contribution in [-0.2, 0) is 0 Å². The normalized spacial score (nSPS) is 17.5. The number of imidazole rings is 1. The summed E-state index contributed by atoms with van der Waals surface area (Å²) in [7, 11) is 0. The van der Waals surface area contributed by atoms with Crippen LogP contribution >= 0.6 is 0 Å². The molecule has 0 saturated carbocycles. The number of nitrogens with zero attached hydrogens (tertiary/aromatic N) is 5. The van der Waals surface area contributed by atoms with Gasteiger partial charge in [0.25, 0.3) is 0 Å². The second kappa shape index (κ2) is 6.26. The number of nitrogens with one attached hydrogen (secondary N) is 2. The molecule has 0 aliphatic carbocycles. The third-order valence-electron chi connectivity index (χ3n) is 4.17. The molecule has 4 rings (SSSR count). The zero-order valence-electron chi connectivity index (χ0n) is 13.1. The average Bonchev–Trinajstić information content (AvgIpc) is 3.06. The van der Waals surface area contributed by atoms with Crippen molar-refractivity contribution >= 4 is 11.5 Å². The summed E-state index contributed by atoms with van der Waals surface area (Å²) in [6, 6.07) is 7.97. The Labute approximate surface area is 139 Å². The summed E-state index contributed by atoms with van der Waals surface area (Å²) in [6.07, 6.45) is 7.53. The number of piperidine rings is 1. The Morgan fingerprint density at radius 1 is 1.29 bits per heavy atom. The number of rotatable bonds is 3. The maximum Gasteiger partial charge on any atom is 0.180 e. The van der Waals surface area contributed by atoms with Gasteiger partial charge in [0.2, 0.25) is 0 Å². The van der Waals surface area contributed by atoms with Crippen LogP contribution in [0.2, 0.25) is 0 Å². The van der Waals surface area contributed by atoms with E-state index in [9.17, 15) is 0 Å². The maximum atomic E-state index is 9.09. The van der Waals surface area contributed by atoms with Crippen LogP contribution < -0.4 is 10.6 Å². The molecule has 0 aromatic carbocycles. The monoisotopic (exact) mass is 319 g/mol. The summed E-state index contributed by atoms with van der Waals surface area (Å²) < 4.78 is 1.85. The molecule has 0 radical (unpaired) electrons. The molecule has 2 N–H and O–H groups in total. The quantitative estimate of drug-likeness (QED) is 0.765. The van der Waals surface area contributed by atoms with Crippen molar-refractivity contribution in [1.82, 2.24) is 24.7 Å². The standard InChI is InChI=1S/C17H17N7/c18-8-12-3-4-16-21-10-14(24(16)11-12)17-20-7-5-15(23-17)22-13-2-1-6-19-9-13/h3-5,7,10-11,13,19H,1-2,6,9H2,(H,20,22,23)/t13-/m0/s1. The molecule has 4 heterocycles. The average molecular weight is 319 g/mol. The van der Waals surface area contributed by atoms with Crippen molar-refractivity contribution in [3.05, 3.63) is 42.4 Å². The van der Waals surface area contributed by atoms with E-state index in [1.54, 1.807) is 24.7 Å². The van der Waals surface area contributed by atoms with Crippen LogP contribution in [0.15, 0.2) is 36.8 Å². The lowest BCUT2D eigenvalue weighted by Crippen LogP contribution is -2.38. The van der Waals surface area contributed by atoms with Crippen molar-refractivity contribution < 1.29 is 0 Å². The number of aromatic nitrogens is 4. The number of anilines is 1. The zero-order chi connectivity index (χ0) is 16.4. The SMILES string of the molecule is N#Cc1ccc2ncc(-c3nccc(N[C@H]4CCCNC4)n3)n2c1. The van der Waals surface area contributed by atoms with E-state index in [1.807, 2.05) is 16.5 Å². The first-order valence-corrected chi connectivity index (χ1v) is 8.01. The molecule has 0 unspecified atom stereocenters. The number of pyridine rings is 1. The highest BCUT2D eigenvalue weighted by atomic mass is 15.1. The van der Waals surface area contributed by atoms with E-state index in [1.165, 1.54) is 6.42 Å². The summed E-state index contributed by atoms with van der Waals surface area (Å²) in [5.74, 6) is 1.39. The second-order valence-corrected chi connectivity index (χ2v) is 5.85. The minimum atomic E-state index is 0.383. The Bertz CT molecular complexity index is 903. The third-order valence-corrected chi connectivity index (χ3v) is 4.17. The van der Waals surface area contributed by atoms with Crippen LogP contribution in [0.1, 0.15) is 18.4 Å². The molecule has 1 atom stereocenters. The minimum Gasteiger partial charge on any atom is -0.366 e. The van der Waals surface area contributed by atoms with Gasteiger partial charge in [0.05, 0.1) is 11.8 Å². The van der Waals surface area contributed by atoms with E-state index >= 15 is 0 Å². The maximum absolute atomic E-state index is 9.09. The Morgan fingerprint density at radius 2 is 2.25 bits per heavy atom. The first-order chi connectivity index (χ1) is 11.8. The molecule has 1 fully saturated rings. The molecular weight excluding hydrogens is 302 g/mol. The zero-order valence-corrected chi connectivity index (χ0v) is 13.1. The highest BCUT2D eigenvalue weighted by Gasteiger charge is 2.14. The van der Waals surface area contributed by atoms with Crippen LogP contribution in [0.4, 0.5) is 5.82 Å². The van der Waals surface area contributed by atoms with Crippen LogP contribution in [0.25, 0.3) is 17.2 Å². The van der Waals surface area contributed by atoms with Crippen LogP contribution in [0.3, 0.4) is 0 Å². The lowest BCUT2D eigenvalue weighted by atomic mass is 10.1. The van der Waals surface area contributed by atoms with Crippen molar-refractivity contribution in [3.63, 3.8) is 0 Å². The molecule has 3 aromatic rings. The first-order valence-electron chi connectivity index (χ1n) is 8.01. The van der Waals surface area contributed by atoms with E-state index in [0.29, 0.717) is 17.4 Å². The van der Waals surface area contributed by atoms with E-state index in [0.717, 1.165) is 36.7 Å². The molecule has 0 spiro atoms. The molecule has 0 amide bonds. The summed E-state index contributed by atoms with van der Waals surface area (Å²) in [5, 5.41) is 15.9. The summed E-state index contributed by atoms with van der Waals surface area (Å²) in [6.45, 7) is 2.02. The Kier molecular flexibility index (Phi) is 3.81. The lowest BCUT2D eigenvalue weighted by Gasteiger charge is -2.24. The fraction of sp³-hybridized carbons (Fsp3) is 0.294. The van der Waals surface area contributed by atoms with Gasteiger partial charge in [-0.25, -0.2) is 15.0 Å². The van der Waals surface area contributed by atoms with Crippen LogP contribution in [0.5, 0.6) is 0 Å². The van der Waals surface area contributed by atoms with Crippen LogP contribution in [-0.4, -0.2) is 38.5 Å². The number of hydrogen-bond acceptors (Lipinski definition) is 6. The van der Waals surface area contributed by atoms with Crippen molar-refractivity contribution in [2.75, 3.05) is 18.4 Å². The highest BCUT2D eigenvalue weighted by Crippen LogP contribution is 2.19. The molecule has 0 bridgehead atoms. The minimum absolute atomic E-state index is 0.383. The number of nitriles is 1. The van der Waals surface area contributed by atoms with E-state index in [4.69, 9.17) is 5.26 Å². The van der Waals surface area contributed by atoms with Gasteiger partial charge in [-0.15, -0.1) is 0 Å². The van der Waals surface area contributed by atoms with Crippen molar-refractivity contribution in [2.45, 2.75) is 18.9 Å². The van der Waals surface area contributed by atoms with E-state index in [2.05, 4.69) is 31.7 Å². The second-order valence-electron chi connectivity index (χ2n) is 5.85. The van der Waals surface area contributed by atoms with Gasteiger partial charge in [-0.1, -0.05) is 0 Å². The van der Waals surface area contributed by atoms with Gasteiger partial charge in [0.15, 0.2) is 5.82 Å². The predicted octanol–water partition coefficient (Wildman–Crippen LogP) is 1.83. The molecule has 24 heavy (non-hydrogen) atoms. The molecule has 120 valence electrons. The predicted molar refractivity (Wildman–Crippen MR) is 90.4 cm³/mol. The van der Waals surface area contributed by atoms with Gasteiger partial charge in [-0.2, -0.15) is 5.26 Å². The molecule has 1 aliphatic rings. The van der Waals surface area contributed by atoms with Gasteiger partial charge in [0.1, 0.15) is 23.2 Å². The summed E-state index contributed by atoms with van der Waals surface area (Å²) in [5.41, 5.74) is 2.11. The molecule has 7 heteroatoms. The molecule has 7 nitrogen and oxygen atoms in total. The fourth-order valence-corrected chi connectivity index (χ4v) is 2.96. The Balaban J connectivity index is 1.67. The van der Waals surface area contributed by atoms with Crippen LogP contribution in [0, 0.1) is 11.3 Å². The van der Waals surface area contributed by atoms with Crippen molar-refractivity contribution in [3.8, 4) is 17.6 Å². The van der Waals surface area contributed by atoms with Crippen molar-refractivity contribution in [2.24, 2.45) is 0 Å². The van der Waals surface area contributed by atoms with E-state index in [-0.39, 0.29) is 0 Å². The summed E-state index contributed by atoms with van der Waals surface area (Å²) >= 11 is 0. The third kappa shape index (κ3) is 2.79. The largest absolute Gasteiger partial charge is 0.366 e. The van der Waals surface area contributed by atoms with Gasteiger partial charge in [0, 0.05) is 25.0 Å². The molecule has 1 saturated heterocycles. The van der Waals surface area contributed by atoms with Gasteiger partial charge in [-0.05, 0) is 37.6 Å². The first kappa shape index (κ1) is 14.6. The Hall–Kier alpha value is -2.98. The smallest absolute Gasteiger partial charge is 0.180 e. The van der Waals surface area contributed by atoms with Gasteiger partial charge >= 0.3 is 0 Å². The van der Waals surface area contributed by atoms with Gasteiger partial charge < -0.3 is 10.6 Å². The van der Waals surface area contributed by atoms with Crippen molar-refractivity contribution in [1.29, 1.82) is 5.26 Å². The Morgan fingerprint density at radius 3 is 3.08 bits per heavy atom. The molecule has 1 aliphatic heterocycles.